The molecule has 0 bridgehead atoms. The maximum atomic E-state index is 13.1. The van der Waals surface area contributed by atoms with Crippen molar-refractivity contribution in [2.75, 3.05) is 18.9 Å². The molecule has 0 spiro atoms. The Kier molecular flexibility index (Phi) is 5.66. The third-order valence-corrected chi connectivity index (χ3v) is 5.38. The van der Waals surface area contributed by atoms with E-state index in [2.05, 4.69) is 15.5 Å². The summed E-state index contributed by atoms with van der Waals surface area (Å²) >= 11 is 1.28. The van der Waals surface area contributed by atoms with E-state index >= 15 is 0 Å². The molecule has 1 atom stereocenters. The summed E-state index contributed by atoms with van der Waals surface area (Å²) in [6.07, 6.45) is -0.237. The largest absolute Gasteiger partial charge is 0.486 e. The number of thioether (sulfide) groups is 1. The zero-order chi connectivity index (χ0) is 20.2. The number of halogens is 1. The Morgan fingerprint density at radius 1 is 1.21 bits per heavy atom. The van der Waals surface area contributed by atoms with E-state index in [1.807, 2.05) is 31.3 Å². The predicted octanol–water partition coefficient (Wildman–Crippen LogP) is 2.67. The number of hydrogen-bond acceptors (Lipinski definition) is 6. The SMILES string of the molecule is Cn1c(SCC(=O)NC[C@H]2COc3ccccc3O2)nnc1-c1ccc(F)cc1. The highest BCUT2D eigenvalue weighted by Gasteiger charge is 2.21. The summed E-state index contributed by atoms with van der Waals surface area (Å²) in [4.78, 5) is 12.2. The van der Waals surface area contributed by atoms with Crippen LogP contribution in [0.5, 0.6) is 11.5 Å². The first-order chi connectivity index (χ1) is 14.1. The van der Waals surface area contributed by atoms with Gasteiger partial charge in [0.15, 0.2) is 22.5 Å². The zero-order valence-electron chi connectivity index (χ0n) is 15.7. The van der Waals surface area contributed by atoms with Crippen molar-refractivity contribution in [1.82, 2.24) is 20.1 Å². The maximum Gasteiger partial charge on any atom is 0.230 e. The van der Waals surface area contributed by atoms with E-state index in [0.29, 0.717) is 35.6 Å². The summed E-state index contributed by atoms with van der Waals surface area (Å²) in [6, 6.07) is 13.5. The smallest absolute Gasteiger partial charge is 0.230 e. The average molecular weight is 414 g/mol. The summed E-state index contributed by atoms with van der Waals surface area (Å²) in [7, 11) is 1.81. The Hall–Kier alpha value is -3.07. The highest BCUT2D eigenvalue weighted by atomic mass is 32.2. The minimum absolute atomic E-state index is 0.135. The van der Waals surface area contributed by atoms with Gasteiger partial charge in [0.1, 0.15) is 18.5 Å². The molecular weight excluding hydrogens is 395 g/mol. The van der Waals surface area contributed by atoms with Crippen LogP contribution in [0, 0.1) is 5.82 Å². The normalized spacial score (nSPS) is 15.2. The van der Waals surface area contributed by atoms with Crippen LogP contribution >= 0.6 is 11.8 Å². The van der Waals surface area contributed by atoms with Gasteiger partial charge in [-0.1, -0.05) is 23.9 Å². The van der Waals surface area contributed by atoms with Gasteiger partial charge < -0.3 is 19.4 Å². The van der Waals surface area contributed by atoms with Crippen LogP contribution in [0.4, 0.5) is 4.39 Å². The van der Waals surface area contributed by atoms with Crippen LogP contribution in [0.1, 0.15) is 0 Å². The second kappa shape index (κ2) is 8.52. The summed E-state index contributed by atoms with van der Waals surface area (Å²) < 4.78 is 26.3. The Bertz CT molecular complexity index is 1010. The lowest BCUT2D eigenvalue weighted by atomic mass is 10.2. The first kappa shape index (κ1) is 19.3. The molecule has 1 N–H and O–H groups in total. The lowest BCUT2D eigenvalue weighted by Crippen LogP contribution is -2.41. The quantitative estimate of drug-likeness (QED) is 0.625. The zero-order valence-corrected chi connectivity index (χ0v) is 16.5. The second-order valence-corrected chi connectivity index (χ2v) is 7.40. The summed E-state index contributed by atoms with van der Waals surface area (Å²) in [5, 5.41) is 11.7. The van der Waals surface area contributed by atoms with Crippen LogP contribution in [0.3, 0.4) is 0 Å². The molecule has 9 heteroatoms. The Balaban J connectivity index is 1.28. The molecule has 4 rings (SSSR count). The van der Waals surface area contributed by atoms with Gasteiger partial charge in [-0.2, -0.15) is 0 Å². The monoisotopic (exact) mass is 414 g/mol. The number of nitrogens with zero attached hydrogens (tertiary/aromatic N) is 3. The van der Waals surface area contributed by atoms with Crippen molar-refractivity contribution in [3.05, 3.63) is 54.3 Å². The van der Waals surface area contributed by atoms with E-state index in [4.69, 9.17) is 9.47 Å². The van der Waals surface area contributed by atoms with Gasteiger partial charge in [-0.15, -0.1) is 10.2 Å². The van der Waals surface area contributed by atoms with Crippen molar-refractivity contribution in [2.45, 2.75) is 11.3 Å². The van der Waals surface area contributed by atoms with Gasteiger partial charge in [-0.3, -0.25) is 4.79 Å². The topological polar surface area (TPSA) is 78.3 Å². The number of nitrogens with one attached hydrogen (secondary N) is 1. The van der Waals surface area contributed by atoms with Crippen molar-refractivity contribution < 1.29 is 18.7 Å². The van der Waals surface area contributed by atoms with Crippen LogP contribution < -0.4 is 14.8 Å². The van der Waals surface area contributed by atoms with E-state index in [9.17, 15) is 9.18 Å². The van der Waals surface area contributed by atoms with E-state index in [1.165, 1.54) is 23.9 Å². The Labute approximate surface area is 171 Å². The third kappa shape index (κ3) is 4.51. The molecule has 1 aromatic heterocycles. The molecular formula is C20H19FN4O3S. The molecule has 1 aliphatic rings. The van der Waals surface area contributed by atoms with Crippen LogP contribution in [-0.4, -0.2) is 45.7 Å². The second-order valence-electron chi connectivity index (χ2n) is 6.46. The van der Waals surface area contributed by atoms with E-state index in [1.54, 1.807) is 16.7 Å². The van der Waals surface area contributed by atoms with Crippen molar-refractivity contribution >= 4 is 17.7 Å². The minimum Gasteiger partial charge on any atom is -0.486 e. The number of hydrogen-bond donors (Lipinski definition) is 1. The molecule has 0 aliphatic carbocycles. The number of carbonyl (C=O) groups is 1. The highest BCUT2D eigenvalue weighted by molar-refractivity contribution is 7.99. The summed E-state index contributed by atoms with van der Waals surface area (Å²) in [5.41, 5.74) is 0.757. The highest BCUT2D eigenvalue weighted by Crippen LogP contribution is 2.30. The predicted molar refractivity (Wildman–Crippen MR) is 106 cm³/mol. The molecule has 2 aromatic carbocycles. The number of ether oxygens (including phenoxy) is 2. The maximum absolute atomic E-state index is 13.1. The van der Waals surface area contributed by atoms with Gasteiger partial charge in [0.2, 0.25) is 5.91 Å². The Morgan fingerprint density at radius 2 is 1.97 bits per heavy atom. The number of benzene rings is 2. The van der Waals surface area contributed by atoms with Gasteiger partial charge in [0.05, 0.1) is 12.3 Å². The fourth-order valence-electron chi connectivity index (χ4n) is 2.86. The molecule has 150 valence electrons. The minimum atomic E-state index is -0.307. The number of aromatic nitrogens is 3. The molecule has 2 heterocycles. The standard InChI is InChI=1S/C20H19FN4O3S/c1-25-19(13-6-8-14(21)9-7-13)23-24-20(25)29-12-18(26)22-10-15-11-27-16-4-2-3-5-17(16)28-15/h2-9,15H,10-12H2,1H3,(H,22,26)/t15-/m0/s1. The van der Waals surface area contributed by atoms with Crippen molar-refractivity contribution in [1.29, 1.82) is 0 Å². The van der Waals surface area contributed by atoms with E-state index in [-0.39, 0.29) is 23.6 Å². The van der Waals surface area contributed by atoms with Crippen LogP contribution in [0.2, 0.25) is 0 Å². The fraction of sp³-hybridized carbons (Fsp3) is 0.250. The number of amides is 1. The van der Waals surface area contributed by atoms with Crippen LogP contribution in [-0.2, 0) is 11.8 Å². The molecule has 0 fully saturated rings. The first-order valence-electron chi connectivity index (χ1n) is 9.03. The van der Waals surface area contributed by atoms with E-state index < -0.39 is 0 Å². The third-order valence-electron chi connectivity index (χ3n) is 4.36. The molecule has 7 nitrogen and oxygen atoms in total. The van der Waals surface area contributed by atoms with Gasteiger partial charge in [-0.05, 0) is 36.4 Å². The number of para-hydroxylation sites is 2. The molecule has 29 heavy (non-hydrogen) atoms. The molecule has 1 aliphatic heterocycles. The van der Waals surface area contributed by atoms with Crippen LogP contribution in [0.25, 0.3) is 11.4 Å². The lowest BCUT2D eigenvalue weighted by molar-refractivity contribution is -0.119. The molecule has 0 saturated carbocycles. The van der Waals surface area contributed by atoms with Crippen molar-refractivity contribution in [3.8, 4) is 22.9 Å². The van der Waals surface area contributed by atoms with E-state index in [0.717, 1.165) is 5.56 Å². The molecule has 3 aromatic rings. The lowest BCUT2D eigenvalue weighted by Gasteiger charge is -2.26. The van der Waals surface area contributed by atoms with Gasteiger partial charge in [0, 0.05) is 12.6 Å². The van der Waals surface area contributed by atoms with Gasteiger partial charge in [0.25, 0.3) is 0 Å². The van der Waals surface area contributed by atoms with Gasteiger partial charge in [-0.25, -0.2) is 4.39 Å². The molecule has 1 amide bonds. The van der Waals surface area contributed by atoms with Crippen molar-refractivity contribution in [2.24, 2.45) is 7.05 Å². The number of carbonyl (C=O) groups excluding carboxylic acids is 1. The summed E-state index contributed by atoms with van der Waals surface area (Å²) in [6.45, 7) is 0.738. The van der Waals surface area contributed by atoms with Gasteiger partial charge >= 0.3 is 0 Å². The fourth-order valence-corrected chi connectivity index (χ4v) is 3.60. The molecule has 0 unspecified atom stereocenters. The molecule has 0 saturated heterocycles. The Morgan fingerprint density at radius 3 is 2.76 bits per heavy atom. The van der Waals surface area contributed by atoms with Crippen LogP contribution in [0.15, 0.2) is 53.7 Å². The average Bonchev–Trinajstić information content (AvgIpc) is 3.11. The number of fused-ring (bicyclic) bond motifs is 1. The number of rotatable bonds is 6. The van der Waals surface area contributed by atoms with Crippen molar-refractivity contribution in [3.63, 3.8) is 0 Å². The summed E-state index contributed by atoms with van der Waals surface area (Å²) in [5.74, 6) is 1.75. The molecule has 0 radical (unpaired) electrons. The first-order valence-corrected chi connectivity index (χ1v) is 10.0.